The Balaban J connectivity index is 1.03. The lowest BCUT2D eigenvalue weighted by atomic mass is 9.68. The minimum Gasteiger partial charge on any atom is -0.0619 e. The van der Waals surface area contributed by atoms with E-state index < -0.39 is 5.41 Å². The molecule has 0 bridgehead atoms. The molecule has 1 spiro atoms. The highest BCUT2D eigenvalue weighted by Crippen LogP contribution is 2.65. The van der Waals surface area contributed by atoms with Gasteiger partial charge < -0.3 is 0 Å². The van der Waals surface area contributed by atoms with Gasteiger partial charge in [0, 0.05) is 0 Å². The third-order valence-electron chi connectivity index (χ3n) is 13.0. The van der Waals surface area contributed by atoms with Crippen LogP contribution in [0.3, 0.4) is 0 Å². The molecular weight excluding hydrogens is 661 g/mol. The Hall–Kier alpha value is -7.02. The van der Waals surface area contributed by atoms with Crippen LogP contribution in [0.5, 0.6) is 0 Å². The molecule has 0 aromatic heterocycles. The molecule has 0 heteroatoms. The van der Waals surface area contributed by atoms with Gasteiger partial charge in [0.1, 0.15) is 0 Å². The normalized spacial score (nSPS) is 13.6. The molecule has 0 saturated heterocycles. The van der Waals surface area contributed by atoms with E-state index in [9.17, 15) is 0 Å². The largest absolute Gasteiger partial charge is 0.0737 e. The van der Waals surface area contributed by atoms with Gasteiger partial charge in [-0.2, -0.15) is 0 Å². The minimum atomic E-state index is -0.422. The molecule has 11 aromatic carbocycles. The van der Waals surface area contributed by atoms with Crippen molar-refractivity contribution in [2.45, 2.75) is 5.41 Å². The van der Waals surface area contributed by atoms with E-state index in [1.807, 2.05) is 0 Å². The fourth-order valence-corrected chi connectivity index (χ4v) is 10.8. The number of rotatable bonds is 2. The predicted molar refractivity (Wildman–Crippen MR) is 232 cm³/mol. The molecule has 0 unspecified atom stereocenters. The zero-order valence-corrected chi connectivity index (χ0v) is 30.0. The topological polar surface area (TPSA) is 0 Å². The van der Waals surface area contributed by atoms with Crippen molar-refractivity contribution < 1.29 is 0 Å². The van der Waals surface area contributed by atoms with Crippen LogP contribution in [0.2, 0.25) is 0 Å². The number of hydrogen-bond acceptors (Lipinski definition) is 0. The van der Waals surface area contributed by atoms with Gasteiger partial charge in [0.2, 0.25) is 0 Å². The van der Waals surface area contributed by atoms with Crippen molar-refractivity contribution in [1.29, 1.82) is 0 Å². The molecule has 2 aliphatic carbocycles. The lowest BCUT2D eigenvalue weighted by Crippen LogP contribution is -2.26. The molecule has 0 radical (unpaired) electrons. The molecule has 0 heterocycles. The molecule has 0 amide bonds. The van der Waals surface area contributed by atoms with Crippen LogP contribution in [0.15, 0.2) is 194 Å². The average Bonchev–Trinajstić information content (AvgIpc) is 3.73. The zero-order valence-electron chi connectivity index (χ0n) is 30.0. The minimum absolute atomic E-state index is 0.422. The van der Waals surface area contributed by atoms with Crippen LogP contribution in [0.4, 0.5) is 0 Å². The van der Waals surface area contributed by atoms with Crippen molar-refractivity contribution in [1.82, 2.24) is 0 Å². The third kappa shape index (κ3) is 3.71. The van der Waals surface area contributed by atoms with Gasteiger partial charge in [-0.25, -0.2) is 0 Å². The van der Waals surface area contributed by atoms with Crippen molar-refractivity contribution in [3.8, 4) is 44.5 Å². The van der Waals surface area contributed by atoms with E-state index in [1.165, 1.54) is 121 Å². The molecule has 11 aromatic rings. The smallest absolute Gasteiger partial charge is 0.0619 e. The van der Waals surface area contributed by atoms with Gasteiger partial charge in [-0.15, -0.1) is 0 Å². The van der Waals surface area contributed by atoms with Gasteiger partial charge in [0.25, 0.3) is 0 Å². The van der Waals surface area contributed by atoms with Crippen LogP contribution in [0.25, 0.3) is 98.4 Å². The first kappa shape index (κ1) is 29.4. The summed E-state index contributed by atoms with van der Waals surface area (Å²) < 4.78 is 0. The summed E-state index contributed by atoms with van der Waals surface area (Å²) in [6.07, 6.45) is 0. The summed E-state index contributed by atoms with van der Waals surface area (Å²) in [5.74, 6) is 0. The van der Waals surface area contributed by atoms with Crippen LogP contribution >= 0.6 is 0 Å². The van der Waals surface area contributed by atoms with Gasteiger partial charge in [-0.3, -0.25) is 0 Å². The second-order valence-corrected chi connectivity index (χ2v) is 15.5. The van der Waals surface area contributed by atoms with Gasteiger partial charge in [-0.1, -0.05) is 182 Å². The lowest BCUT2D eigenvalue weighted by Gasteiger charge is -2.32. The maximum absolute atomic E-state index is 2.42. The first-order valence-corrected chi connectivity index (χ1v) is 19.3. The Kier molecular flexibility index (Phi) is 5.65. The number of fused-ring (bicyclic) bond motifs is 14. The summed E-state index contributed by atoms with van der Waals surface area (Å²) >= 11 is 0. The van der Waals surface area contributed by atoms with Gasteiger partial charge in [0.15, 0.2) is 0 Å². The monoisotopic (exact) mass is 692 g/mol. The molecule has 13 rings (SSSR count). The standard InChI is InChI=1S/C55H32/c1-2-14-42-33(9-1)21-29-47-48-30-25-40-32-38(24-27-43(40)54(48)55(53(42)47)49-17-5-3-15-44(49)45-16-4-6-18-50(45)55)37-12-8-13-39(31-37)41-26-22-36-20-19-34-10-7-11-35-23-28-46(41)52(36)51(34)35/h1-32H. The van der Waals surface area contributed by atoms with E-state index in [4.69, 9.17) is 0 Å². The van der Waals surface area contributed by atoms with Crippen LogP contribution in [0.1, 0.15) is 22.3 Å². The lowest BCUT2D eigenvalue weighted by molar-refractivity contribution is 0.809. The molecular formula is C55H32. The molecule has 55 heavy (non-hydrogen) atoms. The van der Waals surface area contributed by atoms with E-state index >= 15 is 0 Å². The van der Waals surface area contributed by atoms with Crippen LogP contribution < -0.4 is 0 Å². The Morgan fingerprint density at radius 1 is 0.255 bits per heavy atom. The molecule has 0 fully saturated rings. The fourth-order valence-electron chi connectivity index (χ4n) is 10.8. The first-order valence-electron chi connectivity index (χ1n) is 19.3. The van der Waals surface area contributed by atoms with Gasteiger partial charge in [0.05, 0.1) is 5.41 Å². The number of hydrogen-bond donors (Lipinski definition) is 0. The summed E-state index contributed by atoms with van der Waals surface area (Å²) in [4.78, 5) is 0. The Morgan fingerprint density at radius 3 is 1.55 bits per heavy atom. The summed E-state index contributed by atoms with van der Waals surface area (Å²) in [5.41, 5.74) is 15.5. The van der Waals surface area contributed by atoms with Crippen molar-refractivity contribution in [3.63, 3.8) is 0 Å². The highest BCUT2D eigenvalue weighted by atomic mass is 14.5. The van der Waals surface area contributed by atoms with E-state index in [-0.39, 0.29) is 0 Å². The molecule has 252 valence electrons. The van der Waals surface area contributed by atoms with E-state index in [0.717, 1.165) is 0 Å². The third-order valence-corrected chi connectivity index (χ3v) is 13.0. The quantitative estimate of drug-likeness (QED) is 0.158. The van der Waals surface area contributed by atoms with Gasteiger partial charge >= 0.3 is 0 Å². The summed E-state index contributed by atoms with van der Waals surface area (Å²) in [7, 11) is 0. The highest BCUT2D eigenvalue weighted by Gasteiger charge is 2.53. The first-order chi connectivity index (χ1) is 27.3. The molecule has 2 aliphatic rings. The number of benzene rings is 11. The second kappa shape index (κ2) is 10.6. The summed E-state index contributed by atoms with van der Waals surface area (Å²) in [6, 6.07) is 73.3. The summed E-state index contributed by atoms with van der Waals surface area (Å²) in [6.45, 7) is 0. The van der Waals surface area contributed by atoms with Crippen LogP contribution in [0, 0.1) is 0 Å². The Labute approximate surface area is 318 Å². The molecule has 0 saturated carbocycles. The van der Waals surface area contributed by atoms with Crippen molar-refractivity contribution in [2.75, 3.05) is 0 Å². The molecule has 0 aliphatic heterocycles. The van der Waals surface area contributed by atoms with Crippen molar-refractivity contribution >= 4 is 53.9 Å². The predicted octanol–water partition coefficient (Wildman–Crippen LogP) is 14.6. The Morgan fingerprint density at radius 2 is 0.764 bits per heavy atom. The van der Waals surface area contributed by atoms with Gasteiger partial charge in [-0.05, 0) is 133 Å². The average molecular weight is 693 g/mol. The SMILES string of the molecule is c1cc(-c2ccc3c4c(ccc3c2)-c2ccc3ccccc3c2C42c3ccccc3-c3ccccc32)cc(-c2ccc3ccc4cccc5ccc2c3c45)c1. The van der Waals surface area contributed by atoms with E-state index in [2.05, 4.69) is 194 Å². The maximum Gasteiger partial charge on any atom is 0.0737 e. The fraction of sp³-hybridized carbons (Fsp3) is 0.0182. The van der Waals surface area contributed by atoms with Crippen LogP contribution in [-0.2, 0) is 5.41 Å². The zero-order chi connectivity index (χ0) is 35.8. The molecule has 0 atom stereocenters. The van der Waals surface area contributed by atoms with E-state index in [0.29, 0.717) is 0 Å². The molecule has 0 N–H and O–H groups in total. The van der Waals surface area contributed by atoms with Crippen molar-refractivity contribution in [2.24, 2.45) is 0 Å². The Bertz CT molecular complexity index is 3370. The van der Waals surface area contributed by atoms with E-state index in [1.54, 1.807) is 0 Å². The summed E-state index contributed by atoms with van der Waals surface area (Å²) in [5, 5.41) is 13.1. The van der Waals surface area contributed by atoms with Crippen molar-refractivity contribution in [3.05, 3.63) is 216 Å². The highest BCUT2D eigenvalue weighted by molar-refractivity contribution is 6.25. The molecule has 0 nitrogen and oxygen atoms in total. The second-order valence-electron chi connectivity index (χ2n) is 15.5. The van der Waals surface area contributed by atoms with Crippen LogP contribution in [-0.4, -0.2) is 0 Å². The maximum atomic E-state index is 2.42.